The Morgan fingerprint density at radius 3 is 2.52 bits per heavy atom. The highest BCUT2D eigenvalue weighted by Gasteiger charge is 2.32. The van der Waals surface area contributed by atoms with E-state index in [2.05, 4.69) is 15.9 Å². The maximum Gasteiger partial charge on any atom is 0.313 e. The van der Waals surface area contributed by atoms with Gasteiger partial charge >= 0.3 is 10.1 Å². The van der Waals surface area contributed by atoms with Crippen LogP contribution in [0.2, 0.25) is 5.02 Å². The van der Waals surface area contributed by atoms with Gasteiger partial charge in [-0.1, -0.05) is 45.2 Å². The van der Waals surface area contributed by atoms with E-state index in [0.717, 1.165) is 10.0 Å². The number of hydroxylamine groups is 2. The molecule has 0 spiro atoms. The van der Waals surface area contributed by atoms with Crippen molar-refractivity contribution in [3.05, 3.63) is 57.5 Å². The first-order valence-electron chi connectivity index (χ1n) is 7.67. The molecule has 0 bridgehead atoms. The minimum Gasteiger partial charge on any atom is -0.492 e. The molecule has 2 aromatic carbocycles. The second-order valence-electron chi connectivity index (χ2n) is 5.94. The first-order chi connectivity index (χ1) is 11.8. The summed E-state index contributed by atoms with van der Waals surface area (Å²) < 4.78 is 36.1. The normalized spacial score (nSPS) is 15.8. The molecule has 25 heavy (non-hydrogen) atoms. The Morgan fingerprint density at radius 1 is 1.20 bits per heavy atom. The van der Waals surface area contributed by atoms with E-state index in [1.807, 2.05) is 13.0 Å². The van der Waals surface area contributed by atoms with Gasteiger partial charge in [0, 0.05) is 23.5 Å². The van der Waals surface area contributed by atoms with Gasteiger partial charge in [0.15, 0.2) is 0 Å². The van der Waals surface area contributed by atoms with Crippen LogP contribution < -0.4 is 4.74 Å². The summed E-state index contributed by atoms with van der Waals surface area (Å²) in [5.74, 6) is 0.796. The van der Waals surface area contributed by atoms with E-state index >= 15 is 0 Å². The molecule has 0 radical (unpaired) electrons. The highest BCUT2D eigenvalue weighted by molar-refractivity contribution is 9.10. The molecule has 8 heteroatoms. The van der Waals surface area contributed by atoms with E-state index in [4.69, 9.17) is 20.6 Å². The van der Waals surface area contributed by atoms with Crippen LogP contribution in [0, 0.1) is 12.8 Å². The molecule has 0 unspecified atom stereocenters. The maximum absolute atomic E-state index is 12.2. The standard InChI is InChI=1S/C17H17BrClNO4S/c1-12-2-5-15(6-3-12)25(21,22)24-20-9-13(10-20)11-23-17-7-4-14(18)8-16(17)19/h2-8,13H,9-11H2,1H3. The van der Waals surface area contributed by atoms with E-state index in [-0.39, 0.29) is 10.8 Å². The van der Waals surface area contributed by atoms with E-state index in [1.54, 1.807) is 36.4 Å². The molecule has 134 valence electrons. The van der Waals surface area contributed by atoms with E-state index in [1.165, 1.54) is 5.06 Å². The van der Waals surface area contributed by atoms with Crippen LogP contribution in [0.3, 0.4) is 0 Å². The lowest BCUT2D eigenvalue weighted by atomic mass is 10.1. The molecule has 1 heterocycles. The Hall–Kier alpha value is -1.12. The van der Waals surface area contributed by atoms with Crippen LogP contribution in [0.1, 0.15) is 5.56 Å². The molecule has 5 nitrogen and oxygen atoms in total. The fraction of sp³-hybridized carbons (Fsp3) is 0.294. The predicted octanol–water partition coefficient (Wildman–Crippen LogP) is 4.04. The zero-order chi connectivity index (χ0) is 18.0. The molecular formula is C17H17BrClNO4S. The van der Waals surface area contributed by atoms with Gasteiger partial charge in [0.25, 0.3) is 0 Å². The van der Waals surface area contributed by atoms with E-state index in [0.29, 0.717) is 30.5 Å². The number of halogens is 2. The smallest absolute Gasteiger partial charge is 0.313 e. The van der Waals surface area contributed by atoms with Crippen LogP contribution in [0.15, 0.2) is 51.8 Å². The Bertz CT molecular complexity index is 851. The van der Waals surface area contributed by atoms with Crippen molar-refractivity contribution >= 4 is 37.6 Å². The largest absolute Gasteiger partial charge is 0.492 e. The molecule has 0 amide bonds. The third kappa shape index (κ3) is 4.74. The minimum absolute atomic E-state index is 0.152. The molecule has 1 saturated heterocycles. The van der Waals surface area contributed by atoms with E-state index < -0.39 is 10.1 Å². The second-order valence-corrected chi connectivity index (χ2v) is 8.79. The van der Waals surface area contributed by atoms with Gasteiger partial charge in [-0.2, -0.15) is 17.8 Å². The molecule has 1 aliphatic rings. The first-order valence-corrected chi connectivity index (χ1v) is 10.3. The van der Waals surface area contributed by atoms with Gasteiger partial charge in [0.05, 0.1) is 16.5 Å². The van der Waals surface area contributed by atoms with Crippen molar-refractivity contribution < 1.29 is 17.4 Å². The van der Waals surface area contributed by atoms with Crippen LogP contribution >= 0.6 is 27.5 Å². The maximum atomic E-state index is 12.2. The molecule has 1 aliphatic heterocycles. The number of hydrogen-bond donors (Lipinski definition) is 0. The summed E-state index contributed by atoms with van der Waals surface area (Å²) in [4.78, 5) is 0.152. The highest BCUT2D eigenvalue weighted by Crippen LogP contribution is 2.29. The molecular weight excluding hydrogens is 430 g/mol. The lowest BCUT2D eigenvalue weighted by molar-refractivity contribution is -0.141. The zero-order valence-electron chi connectivity index (χ0n) is 13.5. The molecule has 0 N–H and O–H groups in total. The average Bonchev–Trinajstić information content (AvgIpc) is 2.51. The predicted molar refractivity (Wildman–Crippen MR) is 99.2 cm³/mol. The number of hydrogen-bond acceptors (Lipinski definition) is 5. The monoisotopic (exact) mass is 445 g/mol. The van der Waals surface area contributed by atoms with Crippen molar-refractivity contribution in [2.75, 3.05) is 19.7 Å². The van der Waals surface area contributed by atoms with Crippen molar-refractivity contribution in [1.29, 1.82) is 0 Å². The second kappa shape index (κ2) is 7.63. The van der Waals surface area contributed by atoms with Gasteiger partial charge in [-0.25, -0.2) is 0 Å². The molecule has 0 aliphatic carbocycles. The average molecular weight is 447 g/mol. The van der Waals surface area contributed by atoms with Gasteiger partial charge < -0.3 is 4.74 Å². The molecule has 1 fully saturated rings. The summed E-state index contributed by atoms with van der Waals surface area (Å²) in [5.41, 5.74) is 0.992. The third-order valence-corrected chi connectivity index (χ3v) is 5.85. The number of rotatable bonds is 6. The van der Waals surface area contributed by atoms with Gasteiger partial charge in [-0.15, -0.1) is 0 Å². The fourth-order valence-corrected chi connectivity index (χ4v) is 4.06. The minimum atomic E-state index is -3.78. The number of nitrogens with zero attached hydrogens (tertiary/aromatic N) is 1. The van der Waals surface area contributed by atoms with Crippen molar-refractivity contribution in [2.45, 2.75) is 11.8 Å². The Kier molecular flexibility index (Phi) is 5.70. The first kappa shape index (κ1) is 18.7. The summed E-state index contributed by atoms with van der Waals surface area (Å²) in [5, 5.41) is 1.95. The zero-order valence-corrected chi connectivity index (χ0v) is 16.6. The Labute approximate surface area is 160 Å². The van der Waals surface area contributed by atoms with Crippen molar-refractivity contribution in [1.82, 2.24) is 5.06 Å². The summed E-state index contributed by atoms with van der Waals surface area (Å²) in [6, 6.07) is 12.0. The van der Waals surface area contributed by atoms with Gasteiger partial charge in [-0.05, 0) is 37.3 Å². The van der Waals surface area contributed by atoms with Crippen LogP contribution in [0.4, 0.5) is 0 Å². The number of benzene rings is 2. The summed E-state index contributed by atoms with van der Waals surface area (Å²) in [7, 11) is -3.78. The summed E-state index contributed by atoms with van der Waals surface area (Å²) >= 11 is 9.44. The Morgan fingerprint density at radius 2 is 1.88 bits per heavy atom. The topological polar surface area (TPSA) is 55.8 Å². The fourth-order valence-electron chi connectivity index (χ4n) is 2.38. The van der Waals surface area contributed by atoms with Gasteiger partial charge in [0.2, 0.25) is 0 Å². The van der Waals surface area contributed by atoms with E-state index in [9.17, 15) is 8.42 Å². The van der Waals surface area contributed by atoms with Gasteiger partial charge in [0.1, 0.15) is 5.75 Å². The summed E-state index contributed by atoms with van der Waals surface area (Å²) in [6.45, 7) is 3.32. The third-order valence-electron chi connectivity index (χ3n) is 3.81. The molecule has 2 aromatic rings. The van der Waals surface area contributed by atoms with Gasteiger partial charge in [-0.3, -0.25) is 0 Å². The molecule has 0 aromatic heterocycles. The SMILES string of the molecule is Cc1ccc(S(=O)(=O)ON2CC(COc3ccc(Br)cc3Cl)C2)cc1. The molecule has 0 saturated carbocycles. The number of aryl methyl sites for hydroxylation is 1. The Balaban J connectivity index is 1.48. The van der Waals surface area contributed by atoms with Crippen molar-refractivity contribution in [2.24, 2.45) is 5.92 Å². The van der Waals surface area contributed by atoms with Crippen LogP contribution in [0.25, 0.3) is 0 Å². The van der Waals surface area contributed by atoms with Crippen LogP contribution in [-0.2, 0) is 14.4 Å². The lowest BCUT2D eigenvalue weighted by Gasteiger charge is -2.36. The number of ether oxygens (including phenoxy) is 1. The molecule has 0 atom stereocenters. The van der Waals surface area contributed by atoms with Crippen LogP contribution in [0.5, 0.6) is 5.75 Å². The van der Waals surface area contributed by atoms with Crippen LogP contribution in [-0.4, -0.2) is 33.2 Å². The van der Waals surface area contributed by atoms with Crippen molar-refractivity contribution in [3.63, 3.8) is 0 Å². The highest BCUT2D eigenvalue weighted by atomic mass is 79.9. The summed E-state index contributed by atoms with van der Waals surface area (Å²) in [6.07, 6.45) is 0. The molecule has 3 rings (SSSR count). The quantitative estimate of drug-likeness (QED) is 0.670. The van der Waals surface area contributed by atoms with Crippen molar-refractivity contribution in [3.8, 4) is 5.75 Å². The lowest BCUT2D eigenvalue weighted by Crippen LogP contribution is -2.49.